The molecule has 0 unspecified atom stereocenters. The van der Waals surface area contributed by atoms with E-state index in [9.17, 15) is 8.42 Å². The van der Waals surface area contributed by atoms with Crippen molar-refractivity contribution in [1.82, 2.24) is 10.1 Å². The van der Waals surface area contributed by atoms with E-state index in [4.69, 9.17) is 4.52 Å². The van der Waals surface area contributed by atoms with E-state index in [0.717, 1.165) is 11.3 Å². The van der Waals surface area contributed by atoms with Crippen LogP contribution in [0.1, 0.15) is 38.9 Å². The van der Waals surface area contributed by atoms with E-state index < -0.39 is 9.84 Å². The Morgan fingerprint density at radius 1 is 1.33 bits per heavy atom. The minimum Gasteiger partial charge on any atom is -0.333 e. The van der Waals surface area contributed by atoms with Crippen LogP contribution in [0, 0.1) is 5.92 Å². The van der Waals surface area contributed by atoms with Crippen molar-refractivity contribution in [3.05, 3.63) is 18.0 Å². The van der Waals surface area contributed by atoms with Gasteiger partial charge in [0.2, 0.25) is 0 Å². The average Bonchev–Trinajstić information content (AvgIpc) is 2.94. The smallest absolute Gasteiger partial charge is 0.268 e. The normalized spacial score (nSPS) is 16.9. The predicted octanol–water partition coefficient (Wildman–Crippen LogP) is 3.28. The van der Waals surface area contributed by atoms with Gasteiger partial charge in [-0.05, 0) is 30.9 Å². The van der Waals surface area contributed by atoms with Crippen molar-refractivity contribution in [2.24, 2.45) is 5.92 Å². The number of nitrogens with zero attached hydrogens (tertiary/aromatic N) is 2. The molecule has 0 spiro atoms. The zero-order valence-corrected chi connectivity index (χ0v) is 13.9. The minimum absolute atomic E-state index is 0.100. The number of rotatable bonds is 4. The van der Waals surface area contributed by atoms with Crippen LogP contribution in [-0.2, 0) is 15.3 Å². The molecule has 21 heavy (non-hydrogen) atoms. The lowest BCUT2D eigenvalue weighted by Gasteiger charge is -2.37. The Morgan fingerprint density at radius 2 is 2.05 bits per heavy atom. The summed E-state index contributed by atoms with van der Waals surface area (Å²) in [5.74, 6) is 1.70. The van der Waals surface area contributed by atoms with Crippen LogP contribution in [0.5, 0.6) is 0 Å². The zero-order chi connectivity index (χ0) is 15.3. The molecule has 7 heteroatoms. The Hall–Kier alpha value is -1.21. The van der Waals surface area contributed by atoms with E-state index >= 15 is 0 Å². The van der Waals surface area contributed by atoms with Gasteiger partial charge in [0.05, 0.1) is 4.88 Å². The van der Waals surface area contributed by atoms with Crippen LogP contribution in [0.25, 0.3) is 10.8 Å². The first-order valence-electron chi connectivity index (χ1n) is 6.93. The summed E-state index contributed by atoms with van der Waals surface area (Å²) in [5.41, 5.74) is -0.100. The van der Waals surface area contributed by atoms with Gasteiger partial charge in [0, 0.05) is 11.7 Å². The van der Waals surface area contributed by atoms with Gasteiger partial charge in [-0.25, -0.2) is 8.42 Å². The van der Waals surface area contributed by atoms with Crippen LogP contribution in [0.2, 0.25) is 0 Å². The molecule has 2 heterocycles. The third-order valence-electron chi connectivity index (χ3n) is 4.29. The predicted molar refractivity (Wildman–Crippen MR) is 81.1 cm³/mol. The Morgan fingerprint density at radius 3 is 2.57 bits per heavy atom. The first-order chi connectivity index (χ1) is 9.78. The summed E-state index contributed by atoms with van der Waals surface area (Å²) in [5, 5.41) is 4.11. The standard InChI is InChI=1S/C14H18N2O3S2/c1-14(2,9-5-4-6-9)13-15-12(19-16-13)10-7-8-11(20-10)21(3,17)18/h7-9H,4-6H2,1-3H3. The summed E-state index contributed by atoms with van der Waals surface area (Å²) >= 11 is 1.16. The van der Waals surface area contributed by atoms with Crippen LogP contribution in [0.15, 0.2) is 20.9 Å². The van der Waals surface area contributed by atoms with Crippen molar-refractivity contribution in [3.63, 3.8) is 0 Å². The molecule has 1 aliphatic carbocycles. The first-order valence-corrected chi connectivity index (χ1v) is 9.64. The Labute approximate surface area is 128 Å². The summed E-state index contributed by atoms with van der Waals surface area (Å²) in [6, 6.07) is 3.30. The van der Waals surface area contributed by atoms with E-state index in [2.05, 4.69) is 24.0 Å². The lowest BCUT2D eigenvalue weighted by atomic mass is 9.67. The maximum Gasteiger partial charge on any atom is 0.268 e. The minimum atomic E-state index is -3.19. The first kappa shape index (κ1) is 14.7. The molecular weight excluding hydrogens is 308 g/mol. The highest BCUT2D eigenvalue weighted by Crippen LogP contribution is 2.43. The Bertz CT molecular complexity index is 755. The van der Waals surface area contributed by atoms with Crippen LogP contribution in [-0.4, -0.2) is 24.8 Å². The Balaban J connectivity index is 1.90. The molecule has 0 atom stereocenters. The van der Waals surface area contributed by atoms with Gasteiger partial charge in [-0.15, -0.1) is 11.3 Å². The summed E-state index contributed by atoms with van der Waals surface area (Å²) in [4.78, 5) is 5.18. The molecule has 0 bridgehead atoms. The molecular formula is C14H18N2O3S2. The number of hydrogen-bond acceptors (Lipinski definition) is 6. The van der Waals surface area contributed by atoms with Gasteiger partial charge in [0.15, 0.2) is 15.7 Å². The lowest BCUT2D eigenvalue weighted by Crippen LogP contribution is -2.34. The molecule has 1 fully saturated rings. The van der Waals surface area contributed by atoms with Gasteiger partial charge in [-0.1, -0.05) is 25.4 Å². The number of thiophene rings is 1. The average molecular weight is 326 g/mol. The molecule has 2 aromatic rings. The molecule has 3 rings (SSSR count). The molecule has 0 amide bonds. The van der Waals surface area contributed by atoms with Crippen LogP contribution in [0.4, 0.5) is 0 Å². The van der Waals surface area contributed by atoms with Gasteiger partial charge in [-0.2, -0.15) is 4.98 Å². The second kappa shape index (κ2) is 4.91. The SMILES string of the molecule is CC(C)(c1noc(-c2ccc(S(C)(=O)=O)s2)n1)C1CCC1. The van der Waals surface area contributed by atoms with Crippen molar-refractivity contribution in [2.45, 2.75) is 42.7 Å². The monoisotopic (exact) mass is 326 g/mol. The van der Waals surface area contributed by atoms with Gasteiger partial charge in [-0.3, -0.25) is 0 Å². The quantitative estimate of drug-likeness (QED) is 0.862. The highest BCUT2D eigenvalue weighted by molar-refractivity contribution is 7.92. The summed E-state index contributed by atoms with van der Waals surface area (Å²) in [7, 11) is -3.19. The fraction of sp³-hybridized carbons (Fsp3) is 0.571. The van der Waals surface area contributed by atoms with Crippen molar-refractivity contribution < 1.29 is 12.9 Å². The van der Waals surface area contributed by atoms with Gasteiger partial charge < -0.3 is 4.52 Å². The summed E-state index contributed by atoms with van der Waals surface area (Å²) in [6.45, 7) is 4.28. The van der Waals surface area contributed by atoms with E-state index in [-0.39, 0.29) is 5.41 Å². The van der Waals surface area contributed by atoms with Crippen molar-refractivity contribution in [3.8, 4) is 10.8 Å². The number of hydrogen-bond donors (Lipinski definition) is 0. The van der Waals surface area contributed by atoms with Crippen molar-refractivity contribution in [1.29, 1.82) is 0 Å². The van der Waals surface area contributed by atoms with E-state index in [1.54, 1.807) is 12.1 Å². The molecule has 114 valence electrons. The van der Waals surface area contributed by atoms with Gasteiger partial charge >= 0.3 is 0 Å². The molecule has 5 nitrogen and oxygen atoms in total. The van der Waals surface area contributed by atoms with E-state index in [1.165, 1.54) is 25.5 Å². The van der Waals surface area contributed by atoms with Crippen LogP contribution < -0.4 is 0 Å². The highest BCUT2D eigenvalue weighted by Gasteiger charge is 2.39. The topological polar surface area (TPSA) is 73.1 Å². The zero-order valence-electron chi connectivity index (χ0n) is 12.3. The fourth-order valence-corrected chi connectivity index (χ4v) is 4.38. The third kappa shape index (κ3) is 2.64. The summed E-state index contributed by atoms with van der Waals surface area (Å²) < 4.78 is 28.7. The molecule has 1 aliphatic rings. The summed E-state index contributed by atoms with van der Waals surface area (Å²) in [6.07, 6.45) is 4.87. The molecule has 0 saturated heterocycles. The molecule has 0 aliphatic heterocycles. The second-order valence-corrected chi connectivity index (χ2v) is 9.49. The maximum absolute atomic E-state index is 11.5. The van der Waals surface area contributed by atoms with Crippen molar-refractivity contribution >= 4 is 21.2 Å². The van der Waals surface area contributed by atoms with Crippen molar-refractivity contribution in [2.75, 3.05) is 6.26 Å². The number of aromatic nitrogens is 2. The van der Waals surface area contributed by atoms with Gasteiger partial charge in [0.25, 0.3) is 5.89 Å². The molecule has 0 aromatic carbocycles. The van der Waals surface area contributed by atoms with Gasteiger partial charge in [0.1, 0.15) is 4.21 Å². The maximum atomic E-state index is 11.5. The highest BCUT2D eigenvalue weighted by atomic mass is 32.2. The number of sulfone groups is 1. The van der Waals surface area contributed by atoms with E-state index in [0.29, 0.717) is 26.7 Å². The second-order valence-electron chi connectivity index (χ2n) is 6.16. The fourth-order valence-electron chi connectivity index (χ4n) is 2.53. The largest absolute Gasteiger partial charge is 0.333 e. The molecule has 0 radical (unpaired) electrons. The third-order valence-corrected chi connectivity index (χ3v) is 7.18. The molecule has 0 N–H and O–H groups in total. The van der Waals surface area contributed by atoms with E-state index in [1.807, 2.05) is 0 Å². The van der Waals surface area contributed by atoms with Crippen LogP contribution >= 0.6 is 11.3 Å². The molecule has 1 saturated carbocycles. The molecule has 2 aromatic heterocycles. The van der Waals surface area contributed by atoms with Crippen LogP contribution in [0.3, 0.4) is 0 Å². The lowest BCUT2D eigenvalue weighted by molar-refractivity contribution is 0.181. The Kier molecular flexibility index (Phi) is 3.44.